The number of aryl methyl sites for hydroxylation is 2. The van der Waals surface area contributed by atoms with E-state index in [1.807, 2.05) is 58.9 Å². The van der Waals surface area contributed by atoms with Crippen LogP contribution in [0.3, 0.4) is 0 Å². The minimum atomic E-state index is -0.566. The van der Waals surface area contributed by atoms with Gasteiger partial charge in [-0.3, -0.25) is 19.1 Å². The monoisotopic (exact) mass is 530 g/mol. The van der Waals surface area contributed by atoms with Crippen LogP contribution < -0.4 is 0 Å². The maximum Gasteiger partial charge on any atom is 0.419 e. The van der Waals surface area contributed by atoms with E-state index in [0.717, 1.165) is 16.5 Å². The van der Waals surface area contributed by atoms with Gasteiger partial charge in [-0.05, 0) is 59.6 Å². The molecule has 0 aliphatic rings. The highest BCUT2D eigenvalue weighted by Crippen LogP contribution is 2.24. The molecule has 0 saturated heterocycles. The minimum absolute atomic E-state index is 0.0745. The molecule has 0 aliphatic carbocycles. The first-order valence-electron chi connectivity index (χ1n) is 11.8. The molecule has 0 aliphatic heterocycles. The zero-order valence-electron chi connectivity index (χ0n) is 22.1. The molecule has 0 fully saturated rings. The van der Waals surface area contributed by atoms with Crippen molar-refractivity contribution in [3.63, 3.8) is 0 Å². The predicted molar refractivity (Wildman–Crippen MR) is 144 cm³/mol. The van der Waals surface area contributed by atoms with Gasteiger partial charge in [0.25, 0.3) is 0 Å². The molecule has 9 nitrogen and oxygen atoms in total. The highest BCUT2D eigenvalue weighted by atomic mass is 31.0. The van der Waals surface area contributed by atoms with Crippen LogP contribution in [0.2, 0.25) is 0 Å². The molecule has 37 heavy (non-hydrogen) atoms. The number of fused-ring (bicyclic) bond motifs is 1. The Morgan fingerprint density at radius 3 is 2.46 bits per heavy atom. The van der Waals surface area contributed by atoms with Gasteiger partial charge in [-0.2, -0.15) is 0 Å². The molecule has 1 N–H and O–H groups in total. The molecule has 0 saturated carbocycles. The number of hydrogen-bond acceptors (Lipinski definition) is 8. The standard InChI is InChI=1S/C19H25NO4.C8H10NO3P/c1-13(2)23-17(21)11-10-14-12-20(18(22)24-19(3,4)5)16-9-7-6-8-15(14)16;1-5-8(11)7(3-10)6(2-9-5)4-12-13/h6-9,12-13H,10-11H2,1-5H3;2-3,11H,4,13H2,1H3. The van der Waals surface area contributed by atoms with Crippen LogP contribution in [0.4, 0.5) is 4.79 Å². The first kappa shape index (κ1) is 29.9. The van der Waals surface area contributed by atoms with Crippen LogP contribution in [-0.4, -0.2) is 44.7 Å². The van der Waals surface area contributed by atoms with Crippen LogP contribution in [0, 0.1) is 6.92 Å². The van der Waals surface area contributed by atoms with E-state index in [9.17, 15) is 19.5 Å². The summed E-state index contributed by atoms with van der Waals surface area (Å²) in [6.45, 7) is 11.0. The lowest BCUT2D eigenvalue weighted by Crippen LogP contribution is -2.26. The summed E-state index contributed by atoms with van der Waals surface area (Å²) in [5.74, 6) is -0.311. The number of pyridine rings is 1. The van der Waals surface area contributed by atoms with Crippen LogP contribution in [0.15, 0.2) is 36.7 Å². The number of rotatable bonds is 7. The van der Waals surface area contributed by atoms with Crippen molar-refractivity contribution in [2.45, 2.75) is 72.7 Å². The lowest BCUT2D eigenvalue weighted by atomic mass is 10.1. The number of hydrogen-bond donors (Lipinski definition) is 1. The van der Waals surface area contributed by atoms with Crippen LogP contribution in [0.25, 0.3) is 10.9 Å². The number of aromatic nitrogens is 2. The van der Waals surface area contributed by atoms with Crippen LogP contribution in [0.1, 0.15) is 68.2 Å². The Kier molecular flexibility index (Phi) is 10.8. The van der Waals surface area contributed by atoms with Crippen molar-refractivity contribution in [3.8, 4) is 5.75 Å². The lowest BCUT2D eigenvalue weighted by molar-refractivity contribution is -0.147. The van der Waals surface area contributed by atoms with Crippen molar-refractivity contribution in [3.05, 3.63) is 59.0 Å². The fourth-order valence-corrected chi connectivity index (χ4v) is 3.64. The van der Waals surface area contributed by atoms with Crippen LogP contribution >= 0.6 is 9.47 Å². The third-order valence-electron chi connectivity index (χ3n) is 5.06. The number of carbonyl (C=O) groups excluding carboxylic acids is 3. The molecule has 1 atom stereocenters. The summed E-state index contributed by atoms with van der Waals surface area (Å²) in [6, 6.07) is 7.60. The number of benzene rings is 1. The number of para-hydroxylation sites is 1. The Morgan fingerprint density at radius 1 is 1.19 bits per heavy atom. The smallest absolute Gasteiger partial charge is 0.419 e. The van der Waals surface area contributed by atoms with E-state index >= 15 is 0 Å². The van der Waals surface area contributed by atoms with Gasteiger partial charge in [0.15, 0.2) is 6.29 Å². The molecular weight excluding hydrogens is 495 g/mol. The molecule has 3 aromatic rings. The summed E-state index contributed by atoms with van der Waals surface area (Å²) < 4.78 is 16.9. The third-order valence-corrected chi connectivity index (χ3v) is 5.23. The molecule has 0 amide bonds. The Balaban J connectivity index is 0.000000312. The molecular formula is C27H35N2O7P. The topological polar surface area (TPSA) is 117 Å². The van der Waals surface area contributed by atoms with Crippen molar-refractivity contribution in [1.29, 1.82) is 0 Å². The molecule has 2 heterocycles. The molecule has 3 rings (SSSR count). The van der Waals surface area contributed by atoms with Gasteiger partial charge in [0, 0.05) is 39.2 Å². The molecule has 10 heteroatoms. The van der Waals surface area contributed by atoms with Crippen LogP contribution in [0.5, 0.6) is 5.75 Å². The summed E-state index contributed by atoms with van der Waals surface area (Å²) >= 11 is 0. The van der Waals surface area contributed by atoms with E-state index in [1.165, 1.54) is 10.8 Å². The third kappa shape index (κ3) is 8.65. The summed E-state index contributed by atoms with van der Waals surface area (Å²) in [6.07, 6.45) is 4.12. The molecule has 200 valence electrons. The Hall–Kier alpha value is -3.29. The number of esters is 1. The first-order chi connectivity index (χ1) is 17.4. The van der Waals surface area contributed by atoms with E-state index in [1.54, 1.807) is 13.1 Å². The Bertz CT molecular complexity index is 1250. The van der Waals surface area contributed by atoms with E-state index < -0.39 is 11.7 Å². The Morgan fingerprint density at radius 2 is 1.86 bits per heavy atom. The SMILES string of the molecule is CC(C)OC(=O)CCc1cn(C(=O)OC(C)(C)C)c2ccccc12.Cc1ncc(COP)c(C=O)c1O. The van der Waals surface area contributed by atoms with Gasteiger partial charge < -0.3 is 19.1 Å². The second-order valence-corrected chi connectivity index (χ2v) is 9.95. The highest BCUT2D eigenvalue weighted by Gasteiger charge is 2.21. The quantitative estimate of drug-likeness (QED) is 0.241. The van der Waals surface area contributed by atoms with Gasteiger partial charge >= 0.3 is 12.1 Å². The van der Waals surface area contributed by atoms with Crippen molar-refractivity contribution in [1.82, 2.24) is 9.55 Å². The average Bonchev–Trinajstić information content (AvgIpc) is 3.18. The molecule has 0 bridgehead atoms. The fraction of sp³-hybridized carbons (Fsp3) is 0.407. The summed E-state index contributed by atoms with van der Waals surface area (Å²) in [7, 11) is 2.07. The summed E-state index contributed by atoms with van der Waals surface area (Å²) in [5, 5.41) is 10.4. The Labute approximate surface area is 219 Å². The highest BCUT2D eigenvalue weighted by molar-refractivity contribution is 7.09. The largest absolute Gasteiger partial charge is 0.505 e. The van der Waals surface area contributed by atoms with Gasteiger partial charge in [0.2, 0.25) is 0 Å². The molecule has 2 aromatic heterocycles. The van der Waals surface area contributed by atoms with Crippen molar-refractivity contribution in [2.75, 3.05) is 0 Å². The zero-order chi connectivity index (χ0) is 27.8. The fourth-order valence-electron chi connectivity index (χ4n) is 3.46. The summed E-state index contributed by atoms with van der Waals surface area (Å²) in [4.78, 5) is 38.7. The van der Waals surface area contributed by atoms with Gasteiger partial charge in [0.05, 0.1) is 29.5 Å². The number of aldehydes is 1. The molecule has 1 aromatic carbocycles. The van der Waals surface area contributed by atoms with Gasteiger partial charge in [-0.15, -0.1) is 0 Å². The van der Waals surface area contributed by atoms with E-state index in [4.69, 9.17) is 14.0 Å². The maximum atomic E-state index is 12.4. The number of carbonyl (C=O) groups is 3. The van der Waals surface area contributed by atoms with Crippen molar-refractivity contribution < 1.29 is 33.5 Å². The second kappa shape index (κ2) is 13.3. The van der Waals surface area contributed by atoms with Gasteiger partial charge in [0.1, 0.15) is 11.4 Å². The maximum absolute atomic E-state index is 12.4. The van der Waals surface area contributed by atoms with E-state index in [2.05, 4.69) is 14.5 Å². The molecule has 0 spiro atoms. The van der Waals surface area contributed by atoms with E-state index in [-0.39, 0.29) is 36.4 Å². The molecule has 0 radical (unpaired) electrons. The normalized spacial score (nSPS) is 11.1. The number of aromatic hydroxyl groups is 1. The number of nitrogens with zero attached hydrogens (tertiary/aromatic N) is 2. The predicted octanol–water partition coefficient (Wildman–Crippen LogP) is 5.52. The second-order valence-electron chi connectivity index (χ2n) is 9.62. The zero-order valence-corrected chi connectivity index (χ0v) is 23.3. The van der Waals surface area contributed by atoms with E-state index in [0.29, 0.717) is 24.0 Å². The summed E-state index contributed by atoms with van der Waals surface area (Å²) in [5.41, 5.74) is 2.40. The molecule has 1 unspecified atom stereocenters. The average molecular weight is 531 g/mol. The number of ether oxygens (including phenoxy) is 2. The van der Waals surface area contributed by atoms with Crippen LogP contribution in [-0.2, 0) is 31.8 Å². The van der Waals surface area contributed by atoms with Gasteiger partial charge in [-0.1, -0.05) is 18.2 Å². The first-order valence-corrected chi connectivity index (χ1v) is 12.3. The van der Waals surface area contributed by atoms with Gasteiger partial charge in [-0.25, -0.2) is 4.79 Å². The van der Waals surface area contributed by atoms with Crippen molar-refractivity contribution >= 4 is 38.7 Å². The minimum Gasteiger partial charge on any atom is -0.505 e. The van der Waals surface area contributed by atoms with Crippen molar-refractivity contribution in [2.24, 2.45) is 0 Å². The lowest BCUT2D eigenvalue weighted by Gasteiger charge is -2.19.